The van der Waals surface area contributed by atoms with Gasteiger partial charge in [-0.2, -0.15) is 5.10 Å². The van der Waals surface area contributed by atoms with Gasteiger partial charge in [-0.25, -0.2) is 9.48 Å². The minimum absolute atomic E-state index is 0.00210. The van der Waals surface area contributed by atoms with Crippen LogP contribution in [0.4, 0.5) is 10.6 Å². The molecule has 0 unspecified atom stereocenters. The highest BCUT2D eigenvalue weighted by atomic mass is 35.5. The van der Waals surface area contributed by atoms with Gasteiger partial charge in [0.05, 0.1) is 12.7 Å². The van der Waals surface area contributed by atoms with Crippen molar-refractivity contribution >= 4 is 46.9 Å². The van der Waals surface area contributed by atoms with Gasteiger partial charge < -0.3 is 10.6 Å². The van der Waals surface area contributed by atoms with E-state index in [1.807, 2.05) is 0 Å². The van der Waals surface area contributed by atoms with Crippen LogP contribution in [0.1, 0.15) is 37.7 Å². The molecule has 4 rings (SSSR count). The lowest BCUT2D eigenvalue weighted by Crippen LogP contribution is -2.44. The van der Waals surface area contributed by atoms with Crippen LogP contribution in [0.5, 0.6) is 0 Å². The number of nitrogens with one attached hydrogen (secondary N) is 2. The third-order valence-electron chi connectivity index (χ3n) is 5.58. The molecule has 4 amide bonds. The molecule has 1 aromatic heterocycles. The van der Waals surface area contributed by atoms with E-state index < -0.39 is 11.6 Å². The number of urea groups is 1. The lowest BCUT2D eigenvalue weighted by molar-refractivity contribution is -0.131. The second-order valence-electron chi connectivity index (χ2n) is 7.58. The standard InChI is InChI=1S/C20H21Cl2N5O3/c21-14-4-3-13(15(22)11-14)12-27-16(5-9-23-27)24-17(28)6-10-26-18(29)20(25-19(26)30)7-1-2-8-20/h3-5,9,11H,1-2,6-8,10,12H2,(H,24,28)(H,25,30). The summed E-state index contributed by atoms with van der Waals surface area (Å²) in [4.78, 5) is 38.5. The van der Waals surface area contributed by atoms with E-state index in [2.05, 4.69) is 15.7 Å². The summed E-state index contributed by atoms with van der Waals surface area (Å²) >= 11 is 12.1. The van der Waals surface area contributed by atoms with Crippen LogP contribution in [0.25, 0.3) is 0 Å². The third-order valence-corrected chi connectivity index (χ3v) is 6.17. The fourth-order valence-corrected chi connectivity index (χ4v) is 4.46. The Kier molecular flexibility index (Phi) is 5.71. The first-order valence-corrected chi connectivity index (χ1v) is 10.5. The van der Waals surface area contributed by atoms with Crippen molar-refractivity contribution in [2.75, 3.05) is 11.9 Å². The molecule has 0 atom stereocenters. The molecular formula is C20H21Cl2N5O3. The van der Waals surface area contributed by atoms with Crippen LogP contribution in [0.15, 0.2) is 30.5 Å². The molecule has 2 heterocycles. The van der Waals surface area contributed by atoms with Crippen LogP contribution in [0.3, 0.4) is 0 Å². The largest absolute Gasteiger partial charge is 0.325 e. The molecule has 0 bridgehead atoms. The van der Waals surface area contributed by atoms with Crippen LogP contribution < -0.4 is 10.6 Å². The molecule has 2 aromatic rings. The smallest absolute Gasteiger partial charge is 0.323 e. The van der Waals surface area contributed by atoms with Gasteiger partial charge in [0.1, 0.15) is 11.4 Å². The summed E-state index contributed by atoms with van der Waals surface area (Å²) in [6.45, 7) is 0.392. The molecule has 1 aliphatic carbocycles. The number of hydrogen-bond acceptors (Lipinski definition) is 4. The molecule has 2 N–H and O–H groups in total. The Morgan fingerprint density at radius 1 is 1.20 bits per heavy atom. The van der Waals surface area contributed by atoms with Gasteiger partial charge in [-0.3, -0.25) is 14.5 Å². The number of benzene rings is 1. The van der Waals surface area contributed by atoms with Gasteiger partial charge >= 0.3 is 6.03 Å². The molecule has 10 heteroatoms. The lowest BCUT2D eigenvalue weighted by atomic mass is 9.98. The summed E-state index contributed by atoms with van der Waals surface area (Å²) in [5, 5.41) is 10.9. The van der Waals surface area contributed by atoms with E-state index in [0.717, 1.165) is 23.3 Å². The predicted octanol–water partition coefficient (Wildman–Crippen LogP) is 3.43. The maximum absolute atomic E-state index is 12.7. The zero-order valence-electron chi connectivity index (χ0n) is 16.2. The Bertz CT molecular complexity index is 1000. The number of halogens is 2. The zero-order valence-corrected chi connectivity index (χ0v) is 17.7. The summed E-state index contributed by atoms with van der Waals surface area (Å²) in [5.41, 5.74) is 0.0470. The Balaban J connectivity index is 1.36. The number of aromatic nitrogens is 2. The molecule has 2 aliphatic rings. The van der Waals surface area contributed by atoms with Gasteiger partial charge in [0, 0.05) is 29.1 Å². The van der Waals surface area contributed by atoms with Gasteiger partial charge in [-0.1, -0.05) is 42.1 Å². The zero-order chi connectivity index (χ0) is 21.3. The Morgan fingerprint density at radius 2 is 1.97 bits per heavy atom. The van der Waals surface area contributed by atoms with Crippen LogP contribution in [0, 0.1) is 0 Å². The average Bonchev–Trinajstić information content (AvgIpc) is 3.39. The molecule has 1 saturated heterocycles. The fraction of sp³-hybridized carbons (Fsp3) is 0.400. The van der Waals surface area contributed by atoms with Gasteiger partial charge in [-0.15, -0.1) is 0 Å². The first-order valence-electron chi connectivity index (χ1n) is 9.78. The molecule has 8 nitrogen and oxygen atoms in total. The van der Waals surface area contributed by atoms with Gasteiger partial charge in [0.2, 0.25) is 5.91 Å². The molecule has 0 radical (unpaired) electrons. The molecule has 30 heavy (non-hydrogen) atoms. The third kappa shape index (κ3) is 4.02. The number of imide groups is 1. The van der Waals surface area contributed by atoms with Crippen LogP contribution in [0.2, 0.25) is 10.0 Å². The van der Waals surface area contributed by atoms with Crippen molar-refractivity contribution in [1.29, 1.82) is 0 Å². The summed E-state index contributed by atoms with van der Waals surface area (Å²) in [5.74, 6) is -0.0392. The van der Waals surface area contributed by atoms with Gasteiger partial charge in [0.25, 0.3) is 5.91 Å². The highest BCUT2D eigenvalue weighted by Gasteiger charge is 2.52. The van der Waals surface area contributed by atoms with Crippen molar-refractivity contribution in [3.63, 3.8) is 0 Å². The number of carbonyl (C=O) groups excluding carboxylic acids is 3. The lowest BCUT2D eigenvalue weighted by Gasteiger charge is -2.19. The Hall–Kier alpha value is -2.58. The van der Waals surface area contributed by atoms with E-state index in [9.17, 15) is 14.4 Å². The van der Waals surface area contributed by atoms with Crippen molar-refractivity contribution in [2.24, 2.45) is 0 Å². The number of carbonyl (C=O) groups is 3. The van der Waals surface area contributed by atoms with Crippen molar-refractivity contribution in [3.8, 4) is 0 Å². The summed E-state index contributed by atoms with van der Waals surface area (Å²) in [6, 6.07) is 6.43. The quantitative estimate of drug-likeness (QED) is 0.660. The number of amides is 4. The Labute approximate surface area is 183 Å². The first-order chi connectivity index (χ1) is 14.4. The number of nitrogens with zero attached hydrogens (tertiary/aromatic N) is 3. The highest BCUT2D eigenvalue weighted by Crippen LogP contribution is 2.35. The maximum atomic E-state index is 12.7. The molecule has 158 valence electrons. The predicted molar refractivity (Wildman–Crippen MR) is 112 cm³/mol. The molecule has 1 aliphatic heterocycles. The Morgan fingerprint density at radius 3 is 2.70 bits per heavy atom. The van der Waals surface area contributed by atoms with Crippen molar-refractivity contribution in [3.05, 3.63) is 46.1 Å². The van der Waals surface area contributed by atoms with Crippen molar-refractivity contribution < 1.29 is 14.4 Å². The van der Waals surface area contributed by atoms with E-state index in [1.165, 1.54) is 0 Å². The number of rotatable bonds is 6. The molecular weight excluding hydrogens is 429 g/mol. The van der Waals surface area contributed by atoms with Gasteiger partial charge in [-0.05, 0) is 30.5 Å². The van der Waals surface area contributed by atoms with Crippen molar-refractivity contribution in [2.45, 2.75) is 44.2 Å². The molecule has 2 fully saturated rings. The topological polar surface area (TPSA) is 96.3 Å². The highest BCUT2D eigenvalue weighted by molar-refractivity contribution is 6.35. The van der Waals surface area contributed by atoms with E-state index in [0.29, 0.717) is 35.2 Å². The number of hydrogen-bond donors (Lipinski definition) is 2. The van der Waals surface area contributed by atoms with E-state index in [-0.39, 0.29) is 24.8 Å². The summed E-state index contributed by atoms with van der Waals surface area (Å²) in [7, 11) is 0. The van der Waals surface area contributed by atoms with Gasteiger partial charge in [0.15, 0.2) is 0 Å². The normalized spacial score (nSPS) is 17.6. The van der Waals surface area contributed by atoms with E-state index in [1.54, 1.807) is 35.1 Å². The fourth-order valence-electron chi connectivity index (χ4n) is 3.99. The van der Waals surface area contributed by atoms with Crippen LogP contribution in [-0.2, 0) is 16.1 Å². The minimum atomic E-state index is -0.760. The monoisotopic (exact) mass is 449 g/mol. The van der Waals surface area contributed by atoms with Crippen molar-refractivity contribution in [1.82, 2.24) is 20.0 Å². The minimum Gasteiger partial charge on any atom is -0.323 e. The number of anilines is 1. The van der Waals surface area contributed by atoms with E-state index in [4.69, 9.17) is 23.2 Å². The molecule has 1 spiro atoms. The summed E-state index contributed by atoms with van der Waals surface area (Å²) in [6.07, 6.45) is 4.73. The maximum Gasteiger partial charge on any atom is 0.325 e. The van der Waals surface area contributed by atoms with Crippen LogP contribution in [-0.4, -0.2) is 44.6 Å². The second-order valence-corrected chi connectivity index (χ2v) is 8.43. The molecule has 1 aromatic carbocycles. The summed E-state index contributed by atoms with van der Waals surface area (Å²) < 4.78 is 1.61. The average molecular weight is 450 g/mol. The second kappa shape index (κ2) is 8.28. The first kappa shape index (κ1) is 20.7. The van der Waals surface area contributed by atoms with E-state index >= 15 is 0 Å². The SMILES string of the molecule is O=C(CCN1C(=O)NC2(CCCC2)C1=O)Nc1ccnn1Cc1ccc(Cl)cc1Cl. The van der Waals surface area contributed by atoms with Crippen LogP contribution >= 0.6 is 23.2 Å². The molecule has 1 saturated carbocycles.